The van der Waals surface area contributed by atoms with Gasteiger partial charge in [0.2, 0.25) is 23.6 Å². The maximum Gasteiger partial charge on any atom is 0.239 e. The highest BCUT2D eigenvalue weighted by atomic mass is 16.5. The molecular weight excluding hydrogens is 1050 g/mol. The Morgan fingerprint density at radius 1 is 0.607 bits per heavy atom. The van der Waals surface area contributed by atoms with Crippen LogP contribution in [0, 0.1) is 91.7 Å². The van der Waals surface area contributed by atoms with E-state index in [2.05, 4.69) is 92.5 Å². The molecule has 4 spiro atoms. The summed E-state index contributed by atoms with van der Waals surface area (Å²) >= 11 is 0. The van der Waals surface area contributed by atoms with Crippen molar-refractivity contribution >= 4 is 29.4 Å². The van der Waals surface area contributed by atoms with Gasteiger partial charge in [-0.3, -0.25) is 33.8 Å². The summed E-state index contributed by atoms with van der Waals surface area (Å²) in [5, 5.41) is 21.9. The zero-order valence-corrected chi connectivity index (χ0v) is 53.3. The van der Waals surface area contributed by atoms with E-state index in [1.165, 1.54) is 69.8 Å². The van der Waals surface area contributed by atoms with Gasteiger partial charge in [-0.05, 0) is 184 Å². The summed E-state index contributed by atoms with van der Waals surface area (Å²) in [4.78, 5) is 65.4. The molecule has 14 nitrogen and oxygen atoms in total. The molecule has 4 amide bonds. The first kappa shape index (κ1) is 59.8. The Hall–Kier alpha value is -3.17. The average Bonchev–Trinajstić information content (AvgIpc) is 1.48. The minimum Gasteiger partial charge on any atom is -0.393 e. The largest absolute Gasteiger partial charge is 0.393 e. The van der Waals surface area contributed by atoms with E-state index in [1.807, 2.05) is 6.08 Å². The second-order valence-electron chi connectivity index (χ2n) is 32.2. The minimum atomic E-state index is -0.145. The van der Waals surface area contributed by atoms with Gasteiger partial charge in [0.05, 0.1) is 42.6 Å². The summed E-state index contributed by atoms with van der Waals surface area (Å²) in [6, 6.07) is 0.794. The smallest absolute Gasteiger partial charge is 0.239 e. The highest BCUT2D eigenvalue weighted by molar-refractivity contribution is 5.91. The fourth-order valence-corrected chi connectivity index (χ4v) is 24.8. The average molecular weight is 1160 g/mol. The number of carbonyl (C=O) groups is 5. The summed E-state index contributed by atoms with van der Waals surface area (Å²) in [5.74, 6) is 6.71. The normalized spacial score (nSPS) is 49.7. The number of aliphatic hydroxyl groups is 1. The van der Waals surface area contributed by atoms with Crippen LogP contribution in [-0.4, -0.2) is 138 Å². The number of fused-ring (bicyclic) bond motifs is 12. The summed E-state index contributed by atoms with van der Waals surface area (Å²) in [5.41, 5.74) is 4.68. The number of amides is 4. The van der Waals surface area contributed by atoms with Gasteiger partial charge in [-0.15, -0.1) is 0 Å². The number of nitrogens with zero attached hydrogens (tertiary/aromatic N) is 2. The quantitative estimate of drug-likeness (QED) is 0.119. The summed E-state index contributed by atoms with van der Waals surface area (Å²) in [6.07, 6.45) is 26.7. The zero-order valence-electron chi connectivity index (χ0n) is 53.3. The van der Waals surface area contributed by atoms with Crippen molar-refractivity contribution in [2.24, 2.45) is 91.7 Å². The first-order chi connectivity index (χ1) is 40.0. The molecule has 4 aliphatic heterocycles. The predicted molar refractivity (Wildman–Crippen MR) is 324 cm³/mol. The van der Waals surface area contributed by atoms with Gasteiger partial charge in [0, 0.05) is 93.3 Å². The van der Waals surface area contributed by atoms with E-state index in [0.29, 0.717) is 84.2 Å². The van der Waals surface area contributed by atoms with E-state index in [-0.39, 0.29) is 87.9 Å². The first-order valence-corrected chi connectivity index (χ1v) is 34.5. The Morgan fingerprint density at radius 2 is 1.11 bits per heavy atom. The van der Waals surface area contributed by atoms with Crippen LogP contribution >= 0.6 is 0 Å². The second kappa shape index (κ2) is 21.2. The number of carbonyl (C=O) groups excluding carboxylic acids is 5. The zero-order chi connectivity index (χ0) is 59.3. The lowest BCUT2D eigenvalue weighted by Gasteiger charge is -2.50. The van der Waals surface area contributed by atoms with Gasteiger partial charge in [0.1, 0.15) is 0 Å². The van der Waals surface area contributed by atoms with Crippen LogP contribution < -0.4 is 21.3 Å². The van der Waals surface area contributed by atoms with Gasteiger partial charge in [-0.2, -0.15) is 0 Å². The summed E-state index contributed by atoms with van der Waals surface area (Å²) in [7, 11) is 0. The third kappa shape index (κ3) is 8.81. The number of aliphatic hydroxyl groups excluding tert-OH is 1. The van der Waals surface area contributed by atoms with E-state index in [4.69, 9.17) is 9.47 Å². The molecule has 14 rings (SSSR count). The molecule has 5 N–H and O–H groups in total. The van der Waals surface area contributed by atoms with Gasteiger partial charge in [0.25, 0.3) is 0 Å². The Bertz CT molecular complexity index is 2720. The molecule has 0 aromatic rings. The molecule has 23 atom stereocenters. The third-order valence-electron chi connectivity index (χ3n) is 28.8. The third-order valence-corrected chi connectivity index (χ3v) is 28.8. The lowest BCUT2D eigenvalue weighted by molar-refractivity contribution is -0.148. The van der Waals surface area contributed by atoms with E-state index in [9.17, 15) is 29.1 Å². The fraction of sp³-hybridized carbons (Fsp3) is 0.871. The highest BCUT2D eigenvalue weighted by Crippen LogP contribution is 2.89. The number of hydrogen-bond acceptors (Lipinski definition) is 10. The van der Waals surface area contributed by atoms with Gasteiger partial charge in [-0.1, -0.05) is 86.5 Å². The number of rotatable bonds is 12. The molecule has 8 saturated carbocycles. The van der Waals surface area contributed by atoms with Gasteiger partial charge >= 0.3 is 0 Å². The van der Waals surface area contributed by atoms with E-state index in [1.54, 1.807) is 19.4 Å². The standard InChI is InChI=1S/C35H55N3O4.C35H53N3O4/c2*1-6-29(40)37-18-30(41)36-13-14-38-19-21(2)15-28-31(38)22(3)35(42-28)12-10-26-25-8-7-23-16-24(39)9-11-32(23,4)27(25)17-34(26)20-33(34,35)5/h7,21-22,24-28,31,39H,6,8-20H2,1-5H3,(H,36,41)(H,37,40);16,21-22,25-28,31H,6-15,17-20H2,1-5H3,(H,36,41)(H,37,40)/t21-,22+,24-,25-,26-,27-,28+,31-,32-,33?,34?,35+;21-,22+,25-,26-,27-,28+,31-,32-,33?,34?,35+/m00/s1. The molecule has 0 radical (unpaired) electrons. The predicted octanol–water partition coefficient (Wildman–Crippen LogP) is 9.08. The number of piperidine rings is 2. The number of ether oxygens (including phenoxy) is 2. The van der Waals surface area contributed by atoms with Crippen molar-refractivity contribution in [3.63, 3.8) is 0 Å². The Kier molecular flexibility index (Phi) is 15.1. The number of allylic oxidation sites excluding steroid dienone is 3. The van der Waals surface area contributed by atoms with Crippen molar-refractivity contribution in [2.75, 3.05) is 52.4 Å². The van der Waals surface area contributed by atoms with Crippen LogP contribution in [-0.2, 0) is 33.4 Å². The van der Waals surface area contributed by atoms with E-state index < -0.39 is 0 Å². The van der Waals surface area contributed by atoms with Crippen LogP contribution in [0.3, 0.4) is 0 Å². The maximum atomic E-state index is 12.3. The molecule has 10 aliphatic carbocycles. The second-order valence-corrected chi connectivity index (χ2v) is 32.2. The fourth-order valence-electron chi connectivity index (χ4n) is 24.8. The van der Waals surface area contributed by atoms with Gasteiger partial charge in [0.15, 0.2) is 5.78 Å². The summed E-state index contributed by atoms with van der Waals surface area (Å²) in [6.45, 7) is 28.6. The van der Waals surface area contributed by atoms with E-state index >= 15 is 0 Å². The highest BCUT2D eigenvalue weighted by Gasteiger charge is 2.86. The molecule has 0 aromatic carbocycles. The molecule has 466 valence electrons. The van der Waals surface area contributed by atoms with Gasteiger partial charge in [-0.25, -0.2) is 0 Å². The Balaban J connectivity index is 0.000000157. The van der Waals surface area contributed by atoms with Crippen LogP contribution in [0.2, 0.25) is 0 Å². The number of nitrogens with one attached hydrogen (secondary N) is 4. The molecule has 4 saturated heterocycles. The lowest BCUT2D eigenvalue weighted by Crippen LogP contribution is -2.55. The molecule has 0 bridgehead atoms. The Morgan fingerprint density at radius 3 is 1.63 bits per heavy atom. The maximum absolute atomic E-state index is 12.3. The van der Waals surface area contributed by atoms with Gasteiger partial charge < -0.3 is 35.8 Å². The van der Waals surface area contributed by atoms with Crippen molar-refractivity contribution in [3.05, 3.63) is 23.3 Å². The van der Waals surface area contributed by atoms with Crippen LogP contribution in [0.1, 0.15) is 198 Å². The minimum absolute atomic E-state index is 0.0496. The van der Waals surface area contributed by atoms with Crippen molar-refractivity contribution in [3.8, 4) is 0 Å². The van der Waals surface area contributed by atoms with Crippen LogP contribution in [0.15, 0.2) is 23.3 Å². The Labute approximate surface area is 503 Å². The van der Waals surface area contributed by atoms with Crippen molar-refractivity contribution in [1.29, 1.82) is 0 Å². The summed E-state index contributed by atoms with van der Waals surface area (Å²) < 4.78 is 14.9. The SMILES string of the molecule is CCC(=O)NCC(=O)NCCN1C[C@@H](C)C[C@H]2O[C@]3(CC[C@H]4[C@@H]5CC=C6C[C@@H](O)CC[C@]6(C)[C@H]5CC45CC53C)[C@H](C)[C@@H]21.CCC(=O)NCC(=O)NCCN1C[C@@H](C)C[C@H]2O[C@]3(CC[C@H]4[C@@H]5CCC6=CC(=O)CC[C@]6(C)[C@H]5CC45CC53C)[C@H](C)[C@@H]21. The number of likely N-dealkylation sites (tertiary alicyclic amines) is 2. The van der Waals surface area contributed by atoms with Crippen molar-refractivity contribution < 1.29 is 38.6 Å². The number of ketones is 1. The van der Waals surface area contributed by atoms with Crippen LogP contribution in [0.25, 0.3) is 0 Å². The topological polar surface area (TPSA) is 179 Å². The molecule has 4 unspecified atom stereocenters. The monoisotopic (exact) mass is 1160 g/mol. The molecule has 14 heteroatoms. The van der Waals surface area contributed by atoms with E-state index in [0.717, 1.165) is 107 Å². The van der Waals surface area contributed by atoms with Crippen LogP contribution in [0.4, 0.5) is 0 Å². The molecule has 12 fully saturated rings. The first-order valence-electron chi connectivity index (χ1n) is 34.5. The lowest BCUT2D eigenvalue weighted by atomic mass is 9.56. The van der Waals surface area contributed by atoms with Crippen molar-refractivity contribution in [2.45, 2.75) is 239 Å². The van der Waals surface area contributed by atoms with Crippen LogP contribution in [0.5, 0.6) is 0 Å². The molecule has 4 heterocycles. The molecule has 0 aromatic heterocycles. The molecule has 14 aliphatic rings. The molecule has 84 heavy (non-hydrogen) atoms. The van der Waals surface area contributed by atoms with Crippen molar-refractivity contribution in [1.82, 2.24) is 31.1 Å². The molecular formula is C70H108N6O8. The number of hydrogen-bond donors (Lipinski definition) is 5.